The molecule has 0 saturated carbocycles. The fourth-order valence-electron chi connectivity index (χ4n) is 1.61. The lowest BCUT2D eigenvalue weighted by Gasteiger charge is -2.17. The SMILES string of the molecule is CC(C)C(=O)OC(C)c1cccc(OC(=O)[O-])c1[N+](=O)[O-]. The Kier molecular flexibility index (Phi) is 5.23. The molecule has 0 spiro atoms. The van der Waals surface area contributed by atoms with Crippen LogP contribution in [-0.2, 0) is 9.53 Å². The van der Waals surface area contributed by atoms with Crippen LogP contribution >= 0.6 is 0 Å². The Balaban J connectivity index is 3.19. The van der Waals surface area contributed by atoms with Crippen LogP contribution in [0.25, 0.3) is 0 Å². The van der Waals surface area contributed by atoms with E-state index in [0.717, 1.165) is 6.07 Å². The van der Waals surface area contributed by atoms with Gasteiger partial charge in [-0.3, -0.25) is 14.9 Å². The number of carbonyl (C=O) groups is 2. The van der Waals surface area contributed by atoms with Crippen LogP contribution in [0.4, 0.5) is 10.5 Å². The minimum atomic E-state index is -1.91. The number of ether oxygens (including phenoxy) is 2. The molecule has 0 aromatic heterocycles. The van der Waals surface area contributed by atoms with Gasteiger partial charge in [-0.1, -0.05) is 19.9 Å². The Hall–Kier alpha value is -2.64. The first-order valence-corrected chi connectivity index (χ1v) is 6.10. The average molecular weight is 296 g/mol. The number of benzene rings is 1. The normalized spacial score (nSPS) is 11.8. The Morgan fingerprint density at radius 3 is 2.33 bits per heavy atom. The molecule has 0 heterocycles. The summed E-state index contributed by atoms with van der Waals surface area (Å²) in [5.41, 5.74) is -0.543. The maximum Gasteiger partial charge on any atom is 0.308 e. The first-order valence-electron chi connectivity index (χ1n) is 6.10. The van der Waals surface area contributed by atoms with Crippen molar-refractivity contribution in [2.75, 3.05) is 0 Å². The van der Waals surface area contributed by atoms with Crippen molar-refractivity contribution < 1.29 is 29.1 Å². The number of nitro groups is 1. The predicted molar refractivity (Wildman–Crippen MR) is 68.5 cm³/mol. The van der Waals surface area contributed by atoms with Crippen molar-refractivity contribution in [1.82, 2.24) is 0 Å². The number of hydrogen-bond donors (Lipinski definition) is 0. The summed E-state index contributed by atoms with van der Waals surface area (Å²) in [6, 6.07) is 3.84. The molecule has 0 radical (unpaired) electrons. The standard InChI is InChI=1S/C13H15NO7/c1-7(2)12(15)20-8(3)9-5-4-6-10(21-13(16)17)11(9)14(18)19/h4-8H,1-3H3,(H,16,17)/p-1. The molecule has 1 unspecified atom stereocenters. The lowest BCUT2D eigenvalue weighted by Crippen LogP contribution is -2.27. The zero-order chi connectivity index (χ0) is 16.2. The fraction of sp³-hybridized carbons (Fsp3) is 0.385. The van der Waals surface area contributed by atoms with Crippen LogP contribution in [0.5, 0.6) is 5.75 Å². The molecule has 0 aliphatic rings. The second-order valence-electron chi connectivity index (χ2n) is 4.54. The Labute approximate surface area is 120 Å². The zero-order valence-corrected chi connectivity index (χ0v) is 11.7. The fourth-order valence-corrected chi connectivity index (χ4v) is 1.61. The molecule has 0 amide bonds. The van der Waals surface area contributed by atoms with Crippen molar-refractivity contribution in [2.24, 2.45) is 5.92 Å². The minimum Gasteiger partial charge on any atom is -0.507 e. The largest absolute Gasteiger partial charge is 0.507 e. The molecule has 8 nitrogen and oxygen atoms in total. The summed E-state index contributed by atoms with van der Waals surface area (Å²) >= 11 is 0. The van der Waals surface area contributed by atoms with Gasteiger partial charge in [-0.2, -0.15) is 0 Å². The Morgan fingerprint density at radius 1 is 1.24 bits per heavy atom. The van der Waals surface area contributed by atoms with E-state index in [-0.39, 0.29) is 5.56 Å². The third-order valence-corrected chi connectivity index (χ3v) is 2.61. The van der Waals surface area contributed by atoms with E-state index in [1.165, 1.54) is 19.1 Å². The van der Waals surface area contributed by atoms with Crippen LogP contribution < -0.4 is 9.84 Å². The van der Waals surface area contributed by atoms with E-state index in [0.29, 0.717) is 0 Å². The number of carboxylic acid groups (broad SMARTS) is 1. The van der Waals surface area contributed by atoms with E-state index in [4.69, 9.17) is 4.74 Å². The van der Waals surface area contributed by atoms with Gasteiger partial charge in [-0.25, -0.2) is 0 Å². The van der Waals surface area contributed by atoms with E-state index in [1.807, 2.05) is 0 Å². The third-order valence-electron chi connectivity index (χ3n) is 2.61. The van der Waals surface area contributed by atoms with Gasteiger partial charge in [0.05, 0.1) is 16.4 Å². The minimum absolute atomic E-state index is 0.0350. The van der Waals surface area contributed by atoms with Crippen molar-refractivity contribution >= 4 is 17.8 Å². The highest BCUT2D eigenvalue weighted by atomic mass is 16.7. The van der Waals surface area contributed by atoms with E-state index >= 15 is 0 Å². The lowest BCUT2D eigenvalue weighted by molar-refractivity contribution is -0.387. The second-order valence-corrected chi connectivity index (χ2v) is 4.54. The number of para-hydroxylation sites is 1. The van der Waals surface area contributed by atoms with Gasteiger partial charge < -0.3 is 19.4 Å². The number of nitro benzene ring substituents is 1. The first-order chi connectivity index (χ1) is 9.73. The van der Waals surface area contributed by atoms with Gasteiger partial charge in [-0.15, -0.1) is 0 Å². The maximum atomic E-state index is 11.5. The van der Waals surface area contributed by atoms with Gasteiger partial charge in [-0.05, 0) is 19.1 Å². The van der Waals surface area contributed by atoms with Crippen molar-refractivity contribution in [3.05, 3.63) is 33.9 Å². The predicted octanol–water partition coefficient (Wildman–Crippen LogP) is 1.58. The lowest BCUT2D eigenvalue weighted by atomic mass is 10.1. The van der Waals surface area contributed by atoms with Crippen LogP contribution in [0.2, 0.25) is 0 Å². The monoisotopic (exact) mass is 296 g/mol. The van der Waals surface area contributed by atoms with Crippen molar-refractivity contribution in [2.45, 2.75) is 26.9 Å². The molecule has 114 valence electrons. The summed E-state index contributed by atoms with van der Waals surface area (Å²) in [5, 5.41) is 21.6. The average Bonchev–Trinajstić information content (AvgIpc) is 2.36. The van der Waals surface area contributed by atoms with Crippen molar-refractivity contribution in [3.8, 4) is 5.75 Å². The summed E-state index contributed by atoms with van der Waals surface area (Å²) < 4.78 is 9.36. The maximum absolute atomic E-state index is 11.5. The molecular weight excluding hydrogens is 282 g/mol. The third kappa shape index (κ3) is 4.16. The smallest absolute Gasteiger partial charge is 0.308 e. The molecule has 1 rings (SSSR count). The van der Waals surface area contributed by atoms with Crippen LogP contribution in [0.15, 0.2) is 18.2 Å². The van der Waals surface area contributed by atoms with Gasteiger partial charge in [0.15, 0.2) is 0 Å². The van der Waals surface area contributed by atoms with Crippen molar-refractivity contribution in [1.29, 1.82) is 0 Å². The first kappa shape index (κ1) is 16.4. The summed E-state index contributed by atoms with van der Waals surface area (Å²) in [6.45, 7) is 4.70. The Morgan fingerprint density at radius 2 is 1.86 bits per heavy atom. The summed E-state index contributed by atoms with van der Waals surface area (Å²) in [7, 11) is 0. The molecule has 0 saturated heterocycles. The quantitative estimate of drug-likeness (QED) is 0.350. The van der Waals surface area contributed by atoms with Crippen LogP contribution in [0, 0.1) is 16.0 Å². The molecule has 1 aromatic rings. The number of nitrogens with zero attached hydrogens (tertiary/aromatic N) is 1. The molecule has 0 bridgehead atoms. The highest BCUT2D eigenvalue weighted by molar-refractivity contribution is 5.72. The van der Waals surface area contributed by atoms with Gasteiger partial charge in [0, 0.05) is 0 Å². The summed E-state index contributed by atoms with van der Waals surface area (Å²) in [5.74, 6) is -1.40. The highest BCUT2D eigenvalue weighted by Gasteiger charge is 2.26. The molecule has 0 N–H and O–H groups in total. The molecule has 1 aromatic carbocycles. The second kappa shape index (κ2) is 6.69. The number of carbonyl (C=O) groups excluding carboxylic acids is 2. The van der Waals surface area contributed by atoms with Gasteiger partial charge in [0.2, 0.25) is 0 Å². The summed E-state index contributed by atoms with van der Waals surface area (Å²) in [4.78, 5) is 32.3. The Bertz CT molecular complexity index is 568. The van der Waals surface area contributed by atoms with E-state index in [1.54, 1.807) is 13.8 Å². The van der Waals surface area contributed by atoms with Gasteiger partial charge in [0.1, 0.15) is 11.9 Å². The molecule has 8 heteroatoms. The zero-order valence-electron chi connectivity index (χ0n) is 11.7. The number of hydrogen-bond acceptors (Lipinski definition) is 7. The number of rotatable bonds is 5. The molecule has 0 aliphatic carbocycles. The molecule has 21 heavy (non-hydrogen) atoms. The van der Waals surface area contributed by atoms with Crippen molar-refractivity contribution in [3.63, 3.8) is 0 Å². The van der Waals surface area contributed by atoms with Gasteiger partial charge >= 0.3 is 5.97 Å². The topological polar surface area (TPSA) is 119 Å². The van der Waals surface area contributed by atoms with E-state index < -0.39 is 40.5 Å². The van der Waals surface area contributed by atoms with Gasteiger partial charge in [0.25, 0.3) is 11.8 Å². The molecule has 1 atom stereocenters. The molecule has 0 fully saturated rings. The number of esters is 1. The summed E-state index contributed by atoms with van der Waals surface area (Å²) in [6.07, 6.45) is -2.84. The van der Waals surface area contributed by atoms with Crippen LogP contribution in [0.3, 0.4) is 0 Å². The van der Waals surface area contributed by atoms with Crippen LogP contribution in [-0.4, -0.2) is 17.0 Å². The van der Waals surface area contributed by atoms with E-state index in [9.17, 15) is 24.8 Å². The van der Waals surface area contributed by atoms with Crippen LogP contribution in [0.1, 0.15) is 32.4 Å². The molecule has 0 aliphatic heterocycles. The van der Waals surface area contributed by atoms with E-state index in [2.05, 4.69) is 4.74 Å². The molecular formula is C13H14NO7-. The highest BCUT2D eigenvalue weighted by Crippen LogP contribution is 2.36.